The summed E-state index contributed by atoms with van der Waals surface area (Å²) in [5, 5.41) is 4.59. The number of para-hydroxylation sites is 1. The lowest BCUT2D eigenvalue weighted by Gasteiger charge is -2.14. The maximum absolute atomic E-state index is 5.98. The molecule has 0 aliphatic carbocycles. The first-order valence-electron chi connectivity index (χ1n) is 6.61. The Morgan fingerprint density at radius 1 is 1.47 bits per heavy atom. The highest BCUT2D eigenvalue weighted by atomic mass is 79.9. The number of unbranched alkanes of at least 4 members (excludes halogenated alkanes) is 1. The van der Waals surface area contributed by atoms with E-state index in [9.17, 15) is 0 Å². The van der Waals surface area contributed by atoms with Crippen LogP contribution in [-0.2, 0) is 0 Å². The molecule has 0 spiro atoms. The van der Waals surface area contributed by atoms with E-state index in [2.05, 4.69) is 46.2 Å². The highest BCUT2D eigenvalue weighted by Gasteiger charge is 2.15. The van der Waals surface area contributed by atoms with Crippen LogP contribution in [0.5, 0.6) is 0 Å². The van der Waals surface area contributed by atoms with Gasteiger partial charge in [0.25, 0.3) is 0 Å². The van der Waals surface area contributed by atoms with Gasteiger partial charge in [0.1, 0.15) is 11.3 Å². The molecule has 0 bridgehead atoms. The average molecular weight is 320 g/mol. The highest BCUT2D eigenvalue weighted by Crippen LogP contribution is 2.31. The maximum Gasteiger partial charge on any atom is 0.148 e. The molecule has 2 aromatic rings. The standard InChI is InChI=1S/C16H18BrNO/c1-3-5-6-10-14(18-4-2)15-11-12-8-7-9-13(17)16(12)19-15/h1,7-9,11,14,18H,4-6,10H2,2H3. The van der Waals surface area contributed by atoms with Gasteiger partial charge >= 0.3 is 0 Å². The van der Waals surface area contributed by atoms with E-state index in [-0.39, 0.29) is 6.04 Å². The second kappa shape index (κ2) is 6.79. The van der Waals surface area contributed by atoms with Crippen LogP contribution < -0.4 is 5.32 Å². The molecular formula is C16H18BrNO. The molecule has 19 heavy (non-hydrogen) atoms. The summed E-state index contributed by atoms with van der Waals surface area (Å²) in [6, 6.07) is 8.43. The van der Waals surface area contributed by atoms with E-state index in [1.807, 2.05) is 12.1 Å². The summed E-state index contributed by atoms with van der Waals surface area (Å²) in [4.78, 5) is 0. The Balaban J connectivity index is 2.23. The lowest BCUT2D eigenvalue weighted by atomic mass is 10.1. The van der Waals surface area contributed by atoms with Crippen LogP contribution in [0, 0.1) is 12.3 Å². The van der Waals surface area contributed by atoms with E-state index in [0.29, 0.717) is 0 Å². The van der Waals surface area contributed by atoms with E-state index in [1.54, 1.807) is 0 Å². The van der Waals surface area contributed by atoms with Crippen molar-refractivity contribution >= 4 is 26.9 Å². The third kappa shape index (κ3) is 3.40. The third-order valence-electron chi connectivity index (χ3n) is 3.12. The van der Waals surface area contributed by atoms with Crippen LogP contribution >= 0.6 is 15.9 Å². The molecule has 0 saturated heterocycles. The van der Waals surface area contributed by atoms with Crippen molar-refractivity contribution in [2.24, 2.45) is 0 Å². The van der Waals surface area contributed by atoms with E-state index in [1.165, 1.54) is 0 Å². The van der Waals surface area contributed by atoms with Gasteiger partial charge in [-0.3, -0.25) is 0 Å². The number of hydrogen-bond acceptors (Lipinski definition) is 2. The van der Waals surface area contributed by atoms with Crippen LogP contribution in [0.3, 0.4) is 0 Å². The van der Waals surface area contributed by atoms with Gasteiger partial charge in [0, 0.05) is 11.8 Å². The van der Waals surface area contributed by atoms with Crippen LogP contribution in [-0.4, -0.2) is 6.54 Å². The van der Waals surface area contributed by atoms with Gasteiger partial charge in [0.05, 0.1) is 10.5 Å². The van der Waals surface area contributed by atoms with E-state index in [4.69, 9.17) is 10.8 Å². The number of nitrogens with one attached hydrogen (secondary N) is 1. The molecule has 0 aliphatic rings. The van der Waals surface area contributed by atoms with Crippen LogP contribution in [0.2, 0.25) is 0 Å². The molecule has 1 aromatic carbocycles. The van der Waals surface area contributed by atoms with Crippen molar-refractivity contribution in [1.82, 2.24) is 5.32 Å². The largest absolute Gasteiger partial charge is 0.458 e. The molecule has 3 heteroatoms. The molecule has 0 saturated carbocycles. The number of terminal acetylenes is 1. The Hall–Kier alpha value is -1.24. The first kappa shape index (κ1) is 14.2. The van der Waals surface area contributed by atoms with Gasteiger partial charge in [-0.05, 0) is 47.4 Å². The first-order valence-corrected chi connectivity index (χ1v) is 7.40. The molecule has 1 unspecified atom stereocenters. The van der Waals surface area contributed by atoms with Crippen LogP contribution in [0.4, 0.5) is 0 Å². The fraction of sp³-hybridized carbons (Fsp3) is 0.375. The summed E-state index contributed by atoms with van der Waals surface area (Å²) >= 11 is 3.52. The van der Waals surface area contributed by atoms with E-state index < -0.39 is 0 Å². The molecule has 2 rings (SSSR count). The zero-order chi connectivity index (χ0) is 13.7. The Bertz CT molecular complexity index is 582. The number of halogens is 1. The van der Waals surface area contributed by atoms with Gasteiger partial charge < -0.3 is 9.73 Å². The molecule has 2 nitrogen and oxygen atoms in total. The lowest BCUT2D eigenvalue weighted by Crippen LogP contribution is -2.20. The Labute approximate surface area is 122 Å². The molecular weight excluding hydrogens is 302 g/mol. The molecule has 1 N–H and O–H groups in total. The molecule has 1 aromatic heterocycles. The molecule has 0 radical (unpaired) electrons. The zero-order valence-electron chi connectivity index (χ0n) is 11.1. The van der Waals surface area contributed by atoms with Gasteiger partial charge in [-0.25, -0.2) is 0 Å². The molecule has 1 heterocycles. The Morgan fingerprint density at radius 3 is 3.00 bits per heavy atom. The van der Waals surface area contributed by atoms with Crippen molar-refractivity contribution in [2.75, 3.05) is 6.54 Å². The number of rotatable bonds is 6. The second-order valence-electron chi connectivity index (χ2n) is 4.51. The number of benzene rings is 1. The predicted molar refractivity (Wildman–Crippen MR) is 83.0 cm³/mol. The average Bonchev–Trinajstić information content (AvgIpc) is 2.83. The number of furan rings is 1. The minimum atomic E-state index is 0.234. The van der Waals surface area contributed by atoms with Crippen molar-refractivity contribution in [3.8, 4) is 12.3 Å². The summed E-state index contributed by atoms with van der Waals surface area (Å²) < 4.78 is 6.98. The molecule has 100 valence electrons. The summed E-state index contributed by atoms with van der Waals surface area (Å²) in [5.41, 5.74) is 0.914. The smallest absolute Gasteiger partial charge is 0.148 e. The zero-order valence-corrected chi connectivity index (χ0v) is 12.7. The SMILES string of the molecule is C#CCCCC(NCC)c1cc2cccc(Br)c2o1. The van der Waals surface area contributed by atoms with Gasteiger partial charge in [0.15, 0.2) is 0 Å². The fourth-order valence-electron chi connectivity index (χ4n) is 2.22. The van der Waals surface area contributed by atoms with Gasteiger partial charge in [-0.1, -0.05) is 19.1 Å². The van der Waals surface area contributed by atoms with E-state index >= 15 is 0 Å². The quantitative estimate of drug-likeness (QED) is 0.619. The molecule has 0 fully saturated rings. The molecule has 0 amide bonds. The predicted octanol–water partition coefficient (Wildman–Crippen LogP) is 4.65. The van der Waals surface area contributed by atoms with Crippen LogP contribution in [0.15, 0.2) is 33.2 Å². The maximum atomic E-state index is 5.98. The van der Waals surface area contributed by atoms with Crippen LogP contribution in [0.25, 0.3) is 11.0 Å². The normalized spacial score (nSPS) is 12.5. The topological polar surface area (TPSA) is 25.2 Å². The van der Waals surface area contributed by atoms with Crippen molar-refractivity contribution in [1.29, 1.82) is 0 Å². The van der Waals surface area contributed by atoms with Gasteiger partial charge in [-0.15, -0.1) is 12.3 Å². The van der Waals surface area contributed by atoms with Crippen molar-refractivity contribution in [2.45, 2.75) is 32.2 Å². The molecule has 1 atom stereocenters. The van der Waals surface area contributed by atoms with Crippen molar-refractivity contribution in [3.05, 3.63) is 34.5 Å². The Kier molecular flexibility index (Phi) is 5.07. The third-order valence-corrected chi connectivity index (χ3v) is 3.75. The molecule has 0 aliphatic heterocycles. The van der Waals surface area contributed by atoms with Crippen LogP contribution in [0.1, 0.15) is 38.0 Å². The summed E-state index contributed by atoms with van der Waals surface area (Å²) in [6.07, 6.45) is 8.12. The minimum absolute atomic E-state index is 0.234. The lowest BCUT2D eigenvalue weighted by molar-refractivity contribution is 0.411. The second-order valence-corrected chi connectivity index (χ2v) is 5.37. The monoisotopic (exact) mass is 319 g/mol. The minimum Gasteiger partial charge on any atom is -0.458 e. The summed E-state index contributed by atoms with van der Waals surface area (Å²) in [5.74, 6) is 3.67. The summed E-state index contributed by atoms with van der Waals surface area (Å²) in [7, 11) is 0. The number of fused-ring (bicyclic) bond motifs is 1. The number of hydrogen-bond donors (Lipinski definition) is 1. The van der Waals surface area contributed by atoms with Gasteiger partial charge in [-0.2, -0.15) is 0 Å². The van der Waals surface area contributed by atoms with Crippen molar-refractivity contribution in [3.63, 3.8) is 0 Å². The van der Waals surface area contributed by atoms with E-state index in [0.717, 1.165) is 47.0 Å². The first-order chi connectivity index (χ1) is 9.26. The highest BCUT2D eigenvalue weighted by molar-refractivity contribution is 9.10. The Morgan fingerprint density at radius 2 is 2.32 bits per heavy atom. The van der Waals surface area contributed by atoms with Gasteiger partial charge in [0.2, 0.25) is 0 Å². The summed E-state index contributed by atoms with van der Waals surface area (Å²) in [6.45, 7) is 3.02. The van der Waals surface area contributed by atoms with Crippen molar-refractivity contribution < 1.29 is 4.42 Å². The fourth-order valence-corrected chi connectivity index (χ4v) is 2.68.